The molecule has 0 spiro atoms. The molecule has 174 valence electrons. The second-order valence-corrected chi connectivity index (χ2v) is 8.33. The maximum Gasteiger partial charge on any atom is 0.224 e. The average Bonchev–Trinajstić information content (AvgIpc) is 2.83. The summed E-state index contributed by atoms with van der Waals surface area (Å²) in [4.78, 5) is 19.3. The number of carbonyl (C=O) groups excluding carboxylic acids is 1. The van der Waals surface area contributed by atoms with Crippen molar-refractivity contribution in [2.45, 2.75) is 32.7 Å². The van der Waals surface area contributed by atoms with E-state index in [1.54, 1.807) is 26.6 Å². The molecule has 0 bridgehead atoms. The van der Waals surface area contributed by atoms with Crippen molar-refractivity contribution in [3.05, 3.63) is 48.3 Å². The number of nitrogens with zero attached hydrogens (tertiary/aromatic N) is 2. The van der Waals surface area contributed by atoms with Crippen LogP contribution in [0.25, 0.3) is 0 Å². The molecule has 1 aliphatic heterocycles. The Hall–Kier alpha value is -2.80. The van der Waals surface area contributed by atoms with Gasteiger partial charge in [-0.25, -0.2) is 0 Å². The van der Waals surface area contributed by atoms with Gasteiger partial charge in [-0.05, 0) is 42.7 Å². The SMILES string of the molecule is CCCCNC(=O)[C@@H]1C[C@H](COc2cccnc2)CN(Cc2ccc(OC)c(OC)c2)C1. The highest BCUT2D eigenvalue weighted by Crippen LogP contribution is 2.30. The molecule has 2 aromatic rings. The van der Waals surface area contributed by atoms with Gasteiger partial charge in [0.25, 0.3) is 0 Å². The van der Waals surface area contributed by atoms with Crippen LogP contribution in [0.15, 0.2) is 42.7 Å². The van der Waals surface area contributed by atoms with Gasteiger partial charge in [0.2, 0.25) is 5.91 Å². The topological polar surface area (TPSA) is 72.9 Å². The number of nitrogens with one attached hydrogen (secondary N) is 1. The summed E-state index contributed by atoms with van der Waals surface area (Å²) in [5.41, 5.74) is 1.13. The third-order valence-electron chi connectivity index (χ3n) is 5.79. The number of rotatable bonds is 11. The average molecular weight is 442 g/mol. The summed E-state index contributed by atoms with van der Waals surface area (Å²) in [5.74, 6) is 2.53. The number of likely N-dealkylation sites (tertiary alicyclic amines) is 1. The second-order valence-electron chi connectivity index (χ2n) is 8.33. The van der Waals surface area contributed by atoms with Crippen LogP contribution < -0.4 is 19.5 Å². The molecule has 1 aliphatic rings. The zero-order valence-electron chi connectivity index (χ0n) is 19.4. The molecule has 1 fully saturated rings. The van der Waals surface area contributed by atoms with Gasteiger partial charge in [0.15, 0.2) is 11.5 Å². The van der Waals surface area contributed by atoms with Crippen LogP contribution >= 0.6 is 0 Å². The van der Waals surface area contributed by atoms with Gasteiger partial charge in [-0.2, -0.15) is 0 Å². The first-order chi connectivity index (χ1) is 15.6. The lowest BCUT2D eigenvalue weighted by Crippen LogP contribution is -2.47. The Morgan fingerprint density at radius 1 is 1.19 bits per heavy atom. The van der Waals surface area contributed by atoms with Crippen LogP contribution in [0.4, 0.5) is 0 Å². The molecule has 2 atom stereocenters. The molecule has 3 rings (SSSR count). The van der Waals surface area contributed by atoms with Gasteiger partial charge in [-0.15, -0.1) is 0 Å². The number of hydrogen-bond donors (Lipinski definition) is 1. The van der Waals surface area contributed by atoms with E-state index in [0.29, 0.717) is 18.1 Å². The van der Waals surface area contributed by atoms with Crippen molar-refractivity contribution < 1.29 is 19.0 Å². The summed E-state index contributed by atoms with van der Waals surface area (Å²) >= 11 is 0. The molecule has 0 unspecified atom stereocenters. The third kappa shape index (κ3) is 6.85. The Kier molecular flexibility index (Phi) is 9.16. The molecule has 0 aliphatic carbocycles. The number of aromatic nitrogens is 1. The van der Waals surface area contributed by atoms with Crippen molar-refractivity contribution in [1.82, 2.24) is 15.2 Å². The predicted molar refractivity (Wildman–Crippen MR) is 124 cm³/mol. The summed E-state index contributed by atoms with van der Waals surface area (Å²) in [7, 11) is 3.28. The lowest BCUT2D eigenvalue weighted by Gasteiger charge is -2.37. The molecular formula is C25H35N3O4. The summed E-state index contributed by atoms with van der Waals surface area (Å²) in [6.45, 7) is 5.76. The van der Waals surface area contributed by atoms with Crippen LogP contribution in [-0.4, -0.2) is 56.3 Å². The van der Waals surface area contributed by atoms with Gasteiger partial charge in [-0.1, -0.05) is 19.4 Å². The summed E-state index contributed by atoms with van der Waals surface area (Å²) < 4.78 is 16.8. The van der Waals surface area contributed by atoms with Gasteiger partial charge in [0.1, 0.15) is 5.75 Å². The minimum absolute atomic E-state index is 0.0525. The number of benzene rings is 1. The smallest absolute Gasteiger partial charge is 0.224 e. The number of unbranched alkanes of at least 4 members (excludes halogenated alkanes) is 1. The van der Waals surface area contributed by atoms with Gasteiger partial charge < -0.3 is 19.5 Å². The molecule has 1 aromatic heterocycles. The van der Waals surface area contributed by atoms with Crippen molar-refractivity contribution in [2.75, 3.05) is 40.5 Å². The van der Waals surface area contributed by atoms with Gasteiger partial charge >= 0.3 is 0 Å². The Balaban J connectivity index is 1.68. The molecule has 2 heterocycles. The van der Waals surface area contributed by atoms with Gasteiger partial charge in [0.05, 0.1) is 32.9 Å². The maximum atomic E-state index is 12.8. The Morgan fingerprint density at radius 3 is 2.75 bits per heavy atom. The molecule has 1 N–H and O–H groups in total. The number of amides is 1. The summed E-state index contributed by atoms with van der Waals surface area (Å²) in [5, 5.41) is 3.11. The molecule has 7 heteroatoms. The minimum atomic E-state index is -0.0525. The first kappa shape index (κ1) is 23.9. The largest absolute Gasteiger partial charge is 0.493 e. The lowest BCUT2D eigenvalue weighted by molar-refractivity contribution is -0.127. The normalized spacial score (nSPS) is 18.7. The lowest BCUT2D eigenvalue weighted by atomic mass is 9.88. The second kappa shape index (κ2) is 12.3. The van der Waals surface area contributed by atoms with Crippen LogP contribution in [0.3, 0.4) is 0 Å². The quantitative estimate of drug-likeness (QED) is 0.538. The number of ether oxygens (including phenoxy) is 3. The van der Waals surface area contributed by atoms with E-state index in [1.807, 2.05) is 30.3 Å². The van der Waals surface area contributed by atoms with Crippen molar-refractivity contribution in [3.63, 3.8) is 0 Å². The number of methoxy groups -OCH3 is 2. The predicted octanol–water partition coefficient (Wildman–Crippen LogP) is 3.53. The first-order valence-electron chi connectivity index (χ1n) is 11.4. The molecule has 7 nitrogen and oxygen atoms in total. The highest BCUT2D eigenvalue weighted by Gasteiger charge is 2.32. The van der Waals surface area contributed by atoms with E-state index in [0.717, 1.165) is 56.8 Å². The van der Waals surface area contributed by atoms with Crippen LogP contribution in [-0.2, 0) is 11.3 Å². The van der Waals surface area contributed by atoms with Crippen molar-refractivity contribution in [1.29, 1.82) is 0 Å². The van der Waals surface area contributed by atoms with Crippen LogP contribution in [0.5, 0.6) is 17.2 Å². The number of piperidine rings is 1. The molecule has 32 heavy (non-hydrogen) atoms. The van der Waals surface area contributed by atoms with E-state index in [9.17, 15) is 4.79 Å². The molecule has 1 aromatic carbocycles. The molecule has 0 saturated carbocycles. The molecule has 1 saturated heterocycles. The van der Waals surface area contributed by atoms with Gasteiger partial charge in [-0.3, -0.25) is 14.7 Å². The van der Waals surface area contributed by atoms with Crippen LogP contribution in [0, 0.1) is 11.8 Å². The van der Waals surface area contributed by atoms with E-state index < -0.39 is 0 Å². The highest BCUT2D eigenvalue weighted by atomic mass is 16.5. The standard InChI is InChI=1S/C25H35N3O4/c1-4-5-11-27-25(29)21-12-20(18-32-22-7-6-10-26-14-22)16-28(17-21)15-19-8-9-23(30-2)24(13-19)31-3/h6-10,13-14,20-21H,4-5,11-12,15-18H2,1-3H3,(H,27,29)/t20-,21+/m0/s1. The first-order valence-corrected chi connectivity index (χ1v) is 11.4. The fourth-order valence-corrected chi connectivity index (χ4v) is 4.16. The van der Waals surface area contributed by atoms with E-state index in [1.165, 1.54) is 0 Å². The van der Waals surface area contributed by atoms with E-state index in [2.05, 4.69) is 22.1 Å². The zero-order chi connectivity index (χ0) is 22.8. The monoisotopic (exact) mass is 441 g/mol. The Bertz CT molecular complexity index is 846. The van der Waals surface area contributed by atoms with Crippen molar-refractivity contribution >= 4 is 5.91 Å². The molecule has 0 radical (unpaired) electrons. The number of pyridine rings is 1. The van der Waals surface area contributed by atoms with Crippen molar-refractivity contribution in [3.8, 4) is 17.2 Å². The Morgan fingerprint density at radius 2 is 2.03 bits per heavy atom. The van der Waals surface area contributed by atoms with Gasteiger partial charge in [0, 0.05) is 38.3 Å². The zero-order valence-corrected chi connectivity index (χ0v) is 19.4. The fourth-order valence-electron chi connectivity index (χ4n) is 4.16. The van der Waals surface area contributed by atoms with E-state index in [4.69, 9.17) is 14.2 Å². The van der Waals surface area contributed by atoms with Crippen molar-refractivity contribution in [2.24, 2.45) is 11.8 Å². The molecular weight excluding hydrogens is 406 g/mol. The van der Waals surface area contributed by atoms with Crippen LogP contribution in [0.2, 0.25) is 0 Å². The van der Waals surface area contributed by atoms with Crippen LogP contribution in [0.1, 0.15) is 31.7 Å². The number of hydrogen-bond acceptors (Lipinski definition) is 6. The summed E-state index contributed by atoms with van der Waals surface area (Å²) in [6.07, 6.45) is 6.34. The molecule has 1 amide bonds. The third-order valence-corrected chi connectivity index (χ3v) is 5.79. The summed E-state index contributed by atoms with van der Waals surface area (Å²) in [6, 6.07) is 9.75. The fraction of sp³-hybridized carbons (Fsp3) is 0.520. The Labute approximate surface area is 191 Å². The maximum absolute atomic E-state index is 12.8. The highest BCUT2D eigenvalue weighted by molar-refractivity contribution is 5.79. The number of carbonyl (C=O) groups is 1. The van der Waals surface area contributed by atoms with E-state index >= 15 is 0 Å². The minimum Gasteiger partial charge on any atom is -0.493 e. The van der Waals surface area contributed by atoms with E-state index in [-0.39, 0.29) is 17.7 Å².